The molecule has 0 radical (unpaired) electrons. The van der Waals surface area contributed by atoms with E-state index in [2.05, 4.69) is 15.6 Å². The molecular weight excluding hydrogens is 280 g/mol. The van der Waals surface area contributed by atoms with Gasteiger partial charge in [-0.15, -0.1) is 0 Å². The monoisotopic (exact) mass is 305 g/mol. The van der Waals surface area contributed by atoms with Crippen molar-refractivity contribution in [1.29, 1.82) is 0 Å². The zero-order valence-electron chi connectivity index (χ0n) is 12.9. The number of hydrogen-bond donors (Lipinski definition) is 0. The number of hydrogen-bond acceptors (Lipinski definition) is 1. The maximum absolute atomic E-state index is 6.85. The maximum atomic E-state index is 6.85. The molecule has 21 heavy (non-hydrogen) atoms. The number of fused-ring (bicyclic) bond motifs is 1. The van der Waals surface area contributed by atoms with Crippen LogP contribution in [-0.4, -0.2) is 41.4 Å². The van der Waals surface area contributed by atoms with Gasteiger partial charge in [0, 0.05) is 38.0 Å². The summed E-state index contributed by atoms with van der Waals surface area (Å²) in [6.45, 7) is 4.94. The Bertz CT molecular complexity index is 515. The average molecular weight is 306 g/mol. The summed E-state index contributed by atoms with van der Waals surface area (Å²) in [5.41, 5.74) is 4.46. The fraction of sp³-hybridized carbons (Fsp3) is 0.722. The lowest BCUT2D eigenvalue weighted by molar-refractivity contribution is -0.506. The zero-order valence-corrected chi connectivity index (χ0v) is 13.7. The van der Waals surface area contributed by atoms with Crippen LogP contribution in [0.25, 0.3) is 0 Å². The zero-order chi connectivity index (χ0) is 14.2. The van der Waals surface area contributed by atoms with Crippen LogP contribution in [0.4, 0.5) is 0 Å². The van der Waals surface area contributed by atoms with Crippen molar-refractivity contribution < 1.29 is 4.58 Å². The highest BCUT2D eigenvalue weighted by atomic mass is 35.5. The van der Waals surface area contributed by atoms with E-state index in [4.69, 9.17) is 11.6 Å². The Hall–Kier alpha value is -0.760. The standard InChI is InChI=1S/C18H26ClN2/c19-18-16-13-15(20-9-1-2-10-20)7-5-14(16)6-8-17(18)21-11-3-4-12-21/h13-14H,1-12H2/q+1. The third kappa shape index (κ3) is 2.56. The van der Waals surface area contributed by atoms with Crippen molar-refractivity contribution in [2.24, 2.45) is 5.92 Å². The second-order valence-electron chi connectivity index (χ2n) is 7.01. The molecule has 2 nitrogen and oxygen atoms in total. The second kappa shape index (κ2) is 5.79. The lowest BCUT2D eigenvalue weighted by atomic mass is 9.79. The van der Waals surface area contributed by atoms with Crippen molar-refractivity contribution in [1.82, 2.24) is 4.90 Å². The van der Waals surface area contributed by atoms with Gasteiger partial charge in [0.25, 0.3) is 0 Å². The number of halogens is 1. The molecule has 114 valence electrons. The fourth-order valence-electron chi connectivity index (χ4n) is 4.51. The van der Waals surface area contributed by atoms with E-state index in [1.807, 2.05) is 0 Å². The fourth-order valence-corrected chi connectivity index (χ4v) is 4.94. The molecule has 2 fully saturated rings. The molecule has 2 saturated heterocycles. The summed E-state index contributed by atoms with van der Waals surface area (Å²) < 4.78 is 2.55. The van der Waals surface area contributed by atoms with E-state index < -0.39 is 0 Å². The predicted molar refractivity (Wildman–Crippen MR) is 88.0 cm³/mol. The summed E-state index contributed by atoms with van der Waals surface area (Å²) in [6, 6.07) is 0. The first-order valence-electron chi connectivity index (χ1n) is 8.79. The van der Waals surface area contributed by atoms with E-state index >= 15 is 0 Å². The Labute approximate surface area is 133 Å². The molecule has 0 amide bonds. The number of rotatable bonds is 1. The summed E-state index contributed by atoms with van der Waals surface area (Å²) >= 11 is 6.85. The predicted octanol–water partition coefficient (Wildman–Crippen LogP) is 3.91. The molecule has 1 atom stereocenters. The van der Waals surface area contributed by atoms with E-state index in [-0.39, 0.29) is 0 Å². The lowest BCUT2D eigenvalue weighted by Crippen LogP contribution is -2.29. The first kappa shape index (κ1) is 13.9. The molecule has 0 aromatic heterocycles. The lowest BCUT2D eigenvalue weighted by Gasteiger charge is -2.32. The molecule has 0 aromatic carbocycles. The van der Waals surface area contributed by atoms with E-state index in [1.165, 1.54) is 88.8 Å². The molecule has 0 N–H and O–H groups in total. The molecule has 2 aliphatic heterocycles. The van der Waals surface area contributed by atoms with Crippen LogP contribution in [0.15, 0.2) is 22.4 Å². The van der Waals surface area contributed by atoms with Gasteiger partial charge < -0.3 is 4.90 Å². The molecule has 0 aromatic rings. The van der Waals surface area contributed by atoms with Gasteiger partial charge in [-0.05, 0) is 49.7 Å². The van der Waals surface area contributed by atoms with E-state index in [0.29, 0.717) is 0 Å². The highest BCUT2D eigenvalue weighted by molar-refractivity contribution is 6.43. The molecule has 0 bridgehead atoms. The van der Waals surface area contributed by atoms with Gasteiger partial charge in [-0.25, -0.2) is 4.58 Å². The smallest absolute Gasteiger partial charge is 0.195 e. The normalized spacial score (nSPS) is 30.0. The van der Waals surface area contributed by atoms with Gasteiger partial charge in [-0.1, -0.05) is 11.6 Å². The van der Waals surface area contributed by atoms with Gasteiger partial charge in [-0.3, -0.25) is 0 Å². The molecule has 0 spiro atoms. The Kier molecular flexibility index (Phi) is 3.83. The van der Waals surface area contributed by atoms with Crippen LogP contribution in [0, 0.1) is 5.92 Å². The largest absolute Gasteiger partial charge is 0.375 e. The Morgan fingerprint density at radius 3 is 2.48 bits per heavy atom. The third-order valence-electron chi connectivity index (χ3n) is 5.75. The van der Waals surface area contributed by atoms with Crippen LogP contribution >= 0.6 is 11.6 Å². The van der Waals surface area contributed by atoms with Crippen LogP contribution in [0.5, 0.6) is 0 Å². The quantitative estimate of drug-likeness (QED) is 0.666. The topological polar surface area (TPSA) is 6.25 Å². The summed E-state index contributed by atoms with van der Waals surface area (Å²) in [6.07, 6.45) is 12.9. The third-order valence-corrected chi connectivity index (χ3v) is 6.18. The molecule has 0 saturated carbocycles. The van der Waals surface area contributed by atoms with Crippen molar-refractivity contribution in [3.8, 4) is 0 Å². The van der Waals surface area contributed by atoms with Crippen LogP contribution in [0.3, 0.4) is 0 Å². The van der Waals surface area contributed by atoms with Gasteiger partial charge in [-0.2, -0.15) is 0 Å². The van der Waals surface area contributed by atoms with Crippen LogP contribution in [0.2, 0.25) is 0 Å². The van der Waals surface area contributed by atoms with Crippen LogP contribution in [0.1, 0.15) is 51.4 Å². The van der Waals surface area contributed by atoms with Crippen molar-refractivity contribution in [2.75, 3.05) is 26.2 Å². The Morgan fingerprint density at radius 1 is 1.00 bits per heavy atom. The summed E-state index contributed by atoms with van der Waals surface area (Å²) in [5.74, 6) is 0.718. The SMILES string of the molecule is ClC1=C2C=C(N3CCCC3)CCC2CCC1=[N+]1CCCC1. The van der Waals surface area contributed by atoms with E-state index in [9.17, 15) is 0 Å². The number of allylic oxidation sites excluding steroid dienone is 4. The van der Waals surface area contributed by atoms with Gasteiger partial charge in [0.1, 0.15) is 18.1 Å². The summed E-state index contributed by atoms with van der Waals surface area (Å²) in [5, 5.41) is 1.10. The van der Waals surface area contributed by atoms with Crippen LogP contribution < -0.4 is 0 Å². The second-order valence-corrected chi connectivity index (χ2v) is 7.39. The molecular formula is C18H26ClN2+. The summed E-state index contributed by atoms with van der Waals surface area (Å²) in [4.78, 5) is 2.59. The van der Waals surface area contributed by atoms with Crippen LogP contribution in [-0.2, 0) is 0 Å². The highest BCUT2D eigenvalue weighted by Crippen LogP contribution is 2.40. The van der Waals surface area contributed by atoms with Gasteiger partial charge in [0.15, 0.2) is 5.71 Å². The maximum Gasteiger partial charge on any atom is 0.195 e. The minimum Gasteiger partial charge on any atom is -0.375 e. The highest BCUT2D eigenvalue weighted by Gasteiger charge is 2.34. The van der Waals surface area contributed by atoms with E-state index in [0.717, 1.165) is 11.0 Å². The molecule has 2 heterocycles. The average Bonchev–Trinajstić information content (AvgIpc) is 3.21. The van der Waals surface area contributed by atoms with E-state index in [1.54, 1.807) is 5.70 Å². The minimum atomic E-state index is 0.718. The first-order chi connectivity index (χ1) is 10.3. The molecule has 2 aliphatic carbocycles. The van der Waals surface area contributed by atoms with Gasteiger partial charge in [0.2, 0.25) is 0 Å². The van der Waals surface area contributed by atoms with Gasteiger partial charge in [0.05, 0.1) is 0 Å². The Morgan fingerprint density at radius 2 is 1.71 bits per heavy atom. The van der Waals surface area contributed by atoms with Crippen molar-refractivity contribution >= 4 is 17.3 Å². The van der Waals surface area contributed by atoms with Crippen molar-refractivity contribution in [3.63, 3.8) is 0 Å². The molecule has 1 unspecified atom stereocenters. The van der Waals surface area contributed by atoms with Crippen molar-refractivity contribution in [3.05, 3.63) is 22.4 Å². The Balaban J connectivity index is 1.69. The molecule has 3 heteroatoms. The minimum absolute atomic E-state index is 0.718. The number of likely N-dealkylation sites (tertiary alicyclic amines) is 1. The van der Waals surface area contributed by atoms with Gasteiger partial charge >= 0.3 is 0 Å². The molecule has 4 rings (SSSR count). The first-order valence-corrected chi connectivity index (χ1v) is 9.17. The molecule has 4 aliphatic rings. The summed E-state index contributed by atoms with van der Waals surface area (Å²) in [7, 11) is 0. The number of nitrogens with zero attached hydrogens (tertiary/aromatic N) is 2. The van der Waals surface area contributed by atoms with Crippen molar-refractivity contribution in [2.45, 2.75) is 51.4 Å².